The van der Waals surface area contributed by atoms with Gasteiger partial charge in [0.15, 0.2) is 4.73 Å². The largest absolute Gasteiger partial charge is 0.494 e. The molecule has 0 unspecified atom stereocenters. The van der Waals surface area contributed by atoms with Gasteiger partial charge in [-0.2, -0.15) is 0 Å². The number of nitrogens with zero attached hydrogens (tertiary/aromatic N) is 2. The zero-order valence-corrected chi connectivity index (χ0v) is 11.2. The van der Waals surface area contributed by atoms with Crippen LogP contribution in [0.5, 0.6) is 5.75 Å². The van der Waals surface area contributed by atoms with Crippen LogP contribution in [0.4, 0.5) is 0 Å². The molecule has 17 heavy (non-hydrogen) atoms. The fraction of sp³-hybridized carbons (Fsp3) is 0.385. The van der Waals surface area contributed by atoms with Crippen LogP contribution < -0.4 is 4.74 Å². The molecular formula is C13H13BrN2O. The molecular weight excluding hydrogens is 280 g/mol. The molecule has 0 N–H and O–H groups in total. The van der Waals surface area contributed by atoms with Crippen LogP contribution in [-0.2, 0) is 0 Å². The predicted molar refractivity (Wildman–Crippen MR) is 70.4 cm³/mol. The van der Waals surface area contributed by atoms with Crippen LogP contribution in [-0.4, -0.2) is 17.1 Å². The molecule has 0 radical (unpaired) electrons. The third-order valence-electron chi connectivity index (χ3n) is 3.40. The third-order valence-corrected chi connectivity index (χ3v) is 3.76. The van der Waals surface area contributed by atoms with Crippen molar-refractivity contribution in [2.45, 2.75) is 25.2 Å². The van der Waals surface area contributed by atoms with Gasteiger partial charge in [-0.05, 0) is 34.8 Å². The Kier molecular flexibility index (Phi) is 2.74. The van der Waals surface area contributed by atoms with Crippen molar-refractivity contribution in [2.75, 3.05) is 7.11 Å². The quantitative estimate of drug-likeness (QED) is 0.792. The van der Waals surface area contributed by atoms with Crippen molar-refractivity contribution >= 4 is 26.8 Å². The van der Waals surface area contributed by atoms with E-state index in [4.69, 9.17) is 4.74 Å². The number of fused-ring (bicyclic) bond motifs is 1. The minimum absolute atomic E-state index is 0.587. The molecule has 0 bridgehead atoms. The summed E-state index contributed by atoms with van der Waals surface area (Å²) in [5.41, 5.74) is 2.06. The highest BCUT2D eigenvalue weighted by molar-refractivity contribution is 9.10. The van der Waals surface area contributed by atoms with E-state index < -0.39 is 0 Å². The molecule has 0 spiro atoms. The van der Waals surface area contributed by atoms with E-state index >= 15 is 0 Å². The van der Waals surface area contributed by atoms with E-state index in [2.05, 4.69) is 32.0 Å². The van der Waals surface area contributed by atoms with Crippen LogP contribution in [0, 0.1) is 0 Å². The molecule has 4 heteroatoms. The van der Waals surface area contributed by atoms with Crippen LogP contribution in [0.2, 0.25) is 0 Å². The summed E-state index contributed by atoms with van der Waals surface area (Å²) in [4.78, 5) is 8.98. The first-order chi connectivity index (χ1) is 8.29. The molecule has 1 aliphatic rings. The van der Waals surface area contributed by atoms with E-state index in [1.54, 1.807) is 7.11 Å². The molecule has 88 valence electrons. The number of benzene rings is 1. The average molecular weight is 293 g/mol. The maximum absolute atomic E-state index is 5.36. The van der Waals surface area contributed by atoms with E-state index in [1.165, 1.54) is 19.3 Å². The molecule has 1 fully saturated rings. The fourth-order valence-corrected chi connectivity index (χ4v) is 2.65. The molecule has 0 saturated heterocycles. The van der Waals surface area contributed by atoms with Gasteiger partial charge in [0.05, 0.1) is 12.8 Å². The van der Waals surface area contributed by atoms with E-state index in [9.17, 15) is 0 Å². The molecule has 1 aliphatic carbocycles. The summed E-state index contributed by atoms with van der Waals surface area (Å²) in [7, 11) is 1.67. The molecule has 3 nitrogen and oxygen atoms in total. The van der Waals surface area contributed by atoms with Gasteiger partial charge in [0, 0.05) is 11.3 Å². The van der Waals surface area contributed by atoms with Crippen molar-refractivity contribution in [3.63, 3.8) is 0 Å². The second-order valence-electron chi connectivity index (χ2n) is 4.36. The standard InChI is InChI=1S/C13H13BrN2O/c1-17-10-7-3-6-9-11(8-4-2-5-8)15-13(14)16-12(9)10/h3,6-8H,2,4-5H2,1H3. The summed E-state index contributed by atoms with van der Waals surface area (Å²) >= 11 is 3.39. The van der Waals surface area contributed by atoms with Gasteiger partial charge in [-0.3, -0.25) is 0 Å². The molecule has 1 aromatic heterocycles. The first-order valence-electron chi connectivity index (χ1n) is 5.79. The van der Waals surface area contributed by atoms with Gasteiger partial charge in [0.1, 0.15) is 11.3 Å². The first-order valence-corrected chi connectivity index (χ1v) is 6.59. The van der Waals surface area contributed by atoms with Crippen LogP contribution in [0.15, 0.2) is 22.9 Å². The Balaban J connectivity index is 2.27. The lowest BCUT2D eigenvalue weighted by atomic mass is 9.81. The fourth-order valence-electron chi connectivity index (χ4n) is 2.28. The van der Waals surface area contributed by atoms with Gasteiger partial charge in [-0.1, -0.05) is 18.6 Å². The predicted octanol–water partition coefficient (Wildman–Crippen LogP) is 3.67. The van der Waals surface area contributed by atoms with Gasteiger partial charge in [0.2, 0.25) is 0 Å². The number of methoxy groups -OCH3 is 1. The van der Waals surface area contributed by atoms with Gasteiger partial charge in [-0.25, -0.2) is 9.97 Å². The second-order valence-corrected chi connectivity index (χ2v) is 5.07. The molecule has 0 atom stereocenters. The average Bonchev–Trinajstić information content (AvgIpc) is 2.26. The number of hydrogen-bond donors (Lipinski definition) is 0. The Bertz CT molecular complexity index is 567. The van der Waals surface area contributed by atoms with Gasteiger partial charge in [-0.15, -0.1) is 0 Å². The Morgan fingerprint density at radius 2 is 2.12 bits per heavy atom. The minimum Gasteiger partial charge on any atom is -0.494 e. The lowest BCUT2D eigenvalue weighted by Crippen LogP contribution is -2.12. The SMILES string of the molecule is COc1cccc2c(C3CCC3)nc(Br)nc12. The van der Waals surface area contributed by atoms with Gasteiger partial charge < -0.3 is 4.74 Å². The number of halogens is 1. The number of ether oxygens (including phenoxy) is 1. The molecule has 0 amide bonds. The number of hydrogen-bond acceptors (Lipinski definition) is 3. The Morgan fingerprint density at radius 1 is 1.29 bits per heavy atom. The smallest absolute Gasteiger partial charge is 0.197 e. The molecule has 1 saturated carbocycles. The zero-order chi connectivity index (χ0) is 11.8. The number of para-hydroxylation sites is 1. The Hall–Kier alpha value is -1.16. The minimum atomic E-state index is 0.587. The molecule has 1 heterocycles. The Morgan fingerprint density at radius 3 is 2.76 bits per heavy atom. The normalized spacial score (nSPS) is 15.9. The maximum Gasteiger partial charge on any atom is 0.197 e. The first kappa shape index (κ1) is 11.0. The van der Waals surface area contributed by atoms with Crippen LogP contribution in [0.3, 0.4) is 0 Å². The van der Waals surface area contributed by atoms with Crippen molar-refractivity contribution in [3.8, 4) is 5.75 Å². The van der Waals surface area contributed by atoms with Crippen LogP contribution in [0.25, 0.3) is 10.9 Å². The number of aromatic nitrogens is 2. The third kappa shape index (κ3) is 1.80. The second kappa shape index (κ2) is 4.26. The highest BCUT2D eigenvalue weighted by Crippen LogP contribution is 2.40. The summed E-state index contributed by atoms with van der Waals surface area (Å²) in [5, 5.41) is 1.12. The molecule has 0 aliphatic heterocycles. The highest BCUT2D eigenvalue weighted by atomic mass is 79.9. The van der Waals surface area contributed by atoms with Crippen LogP contribution >= 0.6 is 15.9 Å². The van der Waals surface area contributed by atoms with Crippen molar-refractivity contribution in [3.05, 3.63) is 28.6 Å². The van der Waals surface area contributed by atoms with Crippen molar-refractivity contribution < 1.29 is 4.74 Å². The summed E-state index contributed by atoms with van der Waals surface area (Å²) in [5.74, 6) is 1.40. The van der Waals surface area contributed by atoms with Crippen LogP contribution in [0.1, 0.15) is 30.9 Å². The van der Waals surface area contributed by atoms with Crippen molar-refractivity contribution in [1.29, 1.82) is 0 Å². The molecule has 3 rings (SSSR count). The molecule has 1 aromatic carbocycles. The summed E-state index contributed by atoms with van der Waals surface area (Å²) in [6.07, 6.45) is 3.77. The summed E-state index contributed by atoms with van der Waals surface area (Å²) < 4.78 is 6.01. The van der Waals surface area contributed by atoms with Gasteiger partial charge in [0.25, 0.3) is 0 Å². The zero-order valence-electron chi connectivity index (χ0n) is 9.61. The number of rotatable bonds is 2. The van der Waals surface area contributed by atoms with Crippen molar-refractivity contribution in [1.82, 2.24) is 9.97 Å². The highest BCUT2D eigenvalue weighted by Gasteiger charge is 2.24. The topological polar surface area (TPSA) is 35.0 Å². The molecule has 2 aromatic rings. The van der Waals surface area contributed by atoms with Gasteiger partial charge >= 0.3 is 0 Å². The monoisotopic (exact) mass is 292 g/mol. The maximum atomic E-state index is 5.36. The van der Waals surface area contributed by atoms with E-state index in [1.807, 2.05) is 12.1 Å². The lowest BCUT2D eigenvalue weighted by molar-refractivity contribution is 0.411. The summed E-state index contributed by atoms with van der Waals surface area (Å²) in [6.45, 7) is 0. The van der Waals surface area contributed by atoms with E-state index in [0.29, 0.717) is 10.7 Å². The lowest BCUT2D eigenvalue weighted by Gasteiger charge is -2.26. The van der Waals surface area contributed by atoms with E-state index in [0.717, 1.165) is 22.3 Å². The van der Waals surface area contributed by atoms with E-state index in [-0.39, 0.29) is 0 Å². The van der Waals surface area contributed by atoms with Crippen molar-refractivity contribution in [2.24, 2.45) is 0 Å². The Labute approximate surface area is 108 Å². The summed E-state index contributed by atoms with van der Waals surface area (Å²) in [6, 6.07) is 6.02.